The van der Waals surface area contributed by atoms with E-state index in [-0.39, 0.29) is 12.8 Å². The first-order chi connectivity index (χ1) is 8.45. The zero-order chi connectivity index (χ0) is 14.8. The van der Waals surface area contributed by atoms with Crippen LogP contribution >= 0.6 is 0 Å². The predicted molar refractivity (Wildman–Crippen MR) is 70.3 cm³/mol. The molecule has 0 aromatic heterocycles. The predicted octanol–water partition coefficient (Wildman–Crippen LogP) is 2.07. The summed E-state index contributed by atoms with van der Waals surface area (Å²) < 4.78 is 0. The van der Waals surface area contributed by atoms with Crippen molar-refractivity contribution in [3.63, 3.8) is 0 Å². The van der Waals surface area contributed by atoms with E-state index < -0.39 is 11.9 Å². The summed E-state index contributed by atoms with van der Waals surface area (Å²) in [5.41, 5.74) is 2.76. The third-order valence-electron chi connectivity index (χ3n) is 1.26. The van der Waals surface area contributed by atoms with E-state index in [4.69, 9.17) is 15.1 Å². The highest BCUT2D eigenvalue weighted by atomic mass is 16.6. The van der Waals surface area contributed by atoms with Gasteiger partial charge >= 0.3 is 11.9 Å². The fraction of sp³-hybridized carbons (Fsp3) is 0.667. The van der Waals surface area contributed by atoms with Crippen molar-refractivity contribution in [2.75, 3.05) is 13.2 Å². The van der Waals surface area contributed by atoms with E-state index in [1.54, 1.807) is 19.9 Å². The number of hydrogen-bond acceptors (Lipinski definition) is 4. The van der Waals surface area contributed by atoms with Crippen LogP contribution in [0.15, 0.2) is 12.7 Å². The van der Waals surface area contributed by atoms with Crippen LogP contribution < -0.4 is 5.48 Å². The first-order valence-corrected chi connectivity index (χ1v) is 5.85. The Morgan fingerprint density at radius 3 is 1.78 bits per heavy atom. The van der Waals surface area contributed by atoms with Crippen LogP contribution in [0, 0.1) is 0 Å². The maximum absolute atomic E-state index is 9.37. The molecular formula is C12H25NO5. The largest absolute Gasteiger partial charge is 0.481 e. The minimum Gasteiger partial charge on any atom is -0.481 e. The van der Waals surface area contributed by atoms with Crippen LogP contribution in [0.4, 0.5) is 0 Å². The summed E-state index contributed by atoms with van der Waals surface area (Å²) in [7, 11) is 0. The summed E-state index contributed by atoms with van der Waals surface area (Å²) in [6.07, 6.45) is 3.25. The molecule has 0 aromatic rings. The van der Waals surface area contributed by atoms with Gasteiger partial charge in [-0.25, -0.2) is 5.48 Å². The number of carboxylic acid groups (broad SMARTS) is 2. The van der Waals surface area contributed by atoms with Gasteiger partial charge in [0.1, 0.15) is 0 Å². The molecule has 0 radical (unpaired) electrons. The Morgan fingerprint density at radius 2 is 1.56 bits per heavy atom. The fourth-order valence-corrected chi connectivity index (χ4v) is 0.292. The maximum atomic E-state index is 9.37. The van der Waals surface area contributed by atoms with Gasteiger partial charge in [0.05, 0.1) is 6.61 Å². The van der Waals surface area contributed by atoms with Crippen molar-refractivity contribution in [2.24, 2.45) is 0 Å². The lowest BCUT2D eigenvalue weighted by atomic mass is 10.5. The highest BCUT2D eigenvalue weighted by Crippen LogP contribution is 1.71. The second-order valence-corrected chi connectivity index (χ2v) is 2.99. The zero-order valence-electron chi connectivity index (χ0n) is 11.4. The van der Waals surface area contributed by atoms with E-state index in [9.17, 15) is 9.59 Å². The molecule has 0 aliphatic carbocycles. The Kier molecular flexibility index (Phi) is 25.4. The van der Waals surface area contributed by atoms with Crippen LogP contribution in [0.25, 0.3) is 0 Å². The van der Waals surface area contributed by atoms with Crippen molar-refractivity contribution in [2.45, 2.75) is 40.0 Å². The van der Waals surface area contributed by atoms with E-state index in [2.05, 4.69) is 19.0 Å². The molecular weight excluding hydrogens is 238 g/mol. The zero-order valence-corrected chi connectivity index (χ0v) is 11.4. The van der Waals surface area contributed by atoms with Crippen molar-refractivity contribution in [1.29, 1.82) is 0 Å². The molecule has 0 aliphatic rings. The third kappa shape index (κ3) is 46.8. The van der Waals surface area contributed by atoms with Gasteiger partial charge in [-0.05, 0) is 6.42 Å². The van der Waals surface area contributed by atoms with E-state index >= 15 is 0 Å². The molecule has 0 atom stereocenters. The Balaban J connectivity index is -0.000000197. The van der Waals surface area contributed by atoms with Crippen LogP contribution in [0.3, 0.4) is 0 Å². The number of nitrogens with one attached hydrogen (secondary N) is 1. The van der Waals surface area contributed by atoms with Crippen molar-refractivity contribution in [1.82, 2.24) is 5.48 Å². The molecule has 0 saturated heterocycles. The summed E-state index contributed by atoms with van der Waals surface area (Å²) in [4.78, 5) is 23.6. The Morgan fingerprint density at radius 1 is 1.17 bits per heavy atom. The molecule has 0 aliphatic heterocycles. The molecule has 0 aromatic carbocycles. The molecule has 0 rings (SSSR count). The second-order valence-electron chi connectivity index (χ2n) is 2.99. The highest BCUT2D eigenvalue weighted by Gasteiger charge is 1.81. The van der Waals surface area contributed by atoms with Crippen LogP contribution in [0.2, 0.25) is 0 Å². The molecule has 108 valence electrons. The van der Waals surface area contributed by atoms with E-state index in [0.29, 0.717) is 6.61 Å². The summed E-state index contributed by atoms with van der Waals surface area (Å²) in [6.45, 7) is 10.3. The van der Waals surface area contributed by atoms with Crippen LogP contribution in [-0.2, 0) is 14.4 Å². The average molecular weight is 263 g/mol. The number of rotatable bonds is 7. The first kappa shape index (κ1) is 21.8. The van der Waals surface area contributed by atoms with Gasteiger partial charge in [0.25, 0.3) is 0 Å². The van der Waals surface area contributed by atoms with E-state index in [1.807, 2.05) is 0 Å². The van der Waals surface area contributed by atoms with E-state index in [0.717, 1.165) is 13.0 Å². The SMILES string of the molecule is C=CCONCCC.CCC(=O)O.CCC(=O)O. The lowest BCUT2D eigenvalue weighted by Gasteiger charge is -1.98. The molecule has 6 nitrogen and oxygen atoms in total. The quantitative estimate of drug-likeness (QED) is 0.369. The van der Waals surface area contributed by atoms with Crippen LogP contribution in [0.5, 0.6) is 0 Å². The van der Waals surface area contributed by atoms with Crippen molar-refractivity contribution < 1.29 is 24.6 Å². The molecule has 0 unspecified atom stereocenters. The Bertz CT molecular complexity index is 193. The Hall–Kier alpha value is -1.40. The maximum Gasteiger partial charge on any atom is 0.303 e. The normalized spacial score (nSPS) is 8.17. The van der Waals surface area contributed by atoms with Gasteiger partial charge in [-0.15, -0.1) is 6.58 Å². The van der Waals surface area contributed by atoms with Gasteiger partial charge in [0.15, 0.2) is 0 Å². The topological polar surface area (TPSA) is 95.9 Å². The number of aliphatic carboxylic acids is 2. The summed E-state index contributed by atoms with van der Waals surface area (Å²) in [5.74, 6) is -1.49. The van der Waals surface area contributed by atoms with Crippen LogP contribution in [-0.4, -0.2) is 35.3 Å². The molecule has 0 amide bonds. The molecule has 0 heterocycles. The number of carboxylic acids is 2. The summed E-state index contributed by atoms with van der Waals surface area (Å²) in [5, 5.41) is 15.4. The smallest absolute Gasteiger partial charge is 0.303 e. The highest BCUT2D eigenvalue weighted by molar-refractivity contribution is 5.66. The lowest BCUT2D eigenvalue weighted by molar-refractivity contribution is -0.137. The molecule has 0 saturated carbocycles. The minimum absolute atomic E-state index is 0.222. The standard InChI is InChI=1S/C6H13NO.2C3H6O2/c1-3-5-7-8-6-4-2;2*1-2-3(4)5/h4,7H,2-3,5-6H2,1H3;2*2H2,1H3,(H,4,5). The molecule has 3 N–H and O–H groups in total. The van der Waals surface area contributed by atoms with Gasteiger partial charge < -0.3 is 10.2 Å². The molecule has 18 heavy (non-hydrogen) atoms. The van der Waals surface area contributed by atoms with Crippen molar-refractivity contribution in [3.05, 3.63) is 12.7 Å². The number of hydrogen-bond donors (Lipinski definition) is 3. The lowest BCUT2D eigenvalue weighted by Crippen LogP contribution is -2.14. The minimum atomic E-state index is -0.745. The number of carbonyl (C=O) groups is 2. The van der Waals surface area contributed by atoms with Gasteiger partial charge in [0, 0.05) is 19.4 Å². The second kappa shape index (κ2) is 20.9. The van der Waals surface area contributed by atoms with Crippen molar-refractivity contribution in [3.8, 4) is 0 Å². The fourth-order valence-electron chi connectivity index (χ4n) is 0.292. The Labute approximate surface area is 109 Å². The van der Waals surface area contributed by atoms with Gasteiger partial charge in [-0.3, -0.25) is 14.4 Å². The molecule has 0 spiro atoms. The summed E-state index contributed by atoms with van der Waals surface area (Å²) in [6, 6.07) is 0. The first-order valence-electron chi connectivity index (χ1n) is 5.85. The number of hydroxylamine groups is 1. The third-order valence-corrected chi connectivity index (χ3v) is 1.26. The monoisotopic (exact) mass is 263 g/mol. The van der Waals surface area contributed by atoms with Crippen molar-refractivity contribution >= 4 is 11.9 Å². The van der Waals surface area contributed by atoms with Gasteiger partial charge in [0.2, 0.25) is 0 Å². The van der Waals surface area contributed by atoms with Gasteiger partial charge in [-0.1, -0.05) is 26.8 Å². The molecule has 6 heteroatoms. The molecule has 0 fully saturated rings. The summed E-state index contributed by atoms with van der Waals surface area (Å²) >= 11 is 0. The molecule has 0 bridgehead atoms. The van der Waals surface area contributed by atoms with E-state index in [1.165, 1.54) is 0 Å². The van der Waals surface area contributed by atoms with Crippen LogP contribution in [0.1, 0.15) is 40.0 Å². The average Bonchev–Trinajstić information content (AvgIpc) is 2.36. The van der Waals surface area contributed by atoms with Gasteiger partial charge in [-0.2, -0.15) is 0 Å².